The number of amides is 1. The molecule has 8 heteroatoms. The van der Waals surface area contributed by atoms with Crippen molar-refractivity contribution in [3.05, 3.63) is 17.8 Å². The Hall–Kier alpha value is -1.86. The molecule has 2 N–H and O–H groups in total. The van der Waals surface area contributed by atoms with Gasteiger partial charge in [-0.05, 0) is 18.9 Å². The first-order valence-corrected chi connectivity index (χ1v) is 6.30. The summed E-state index contributed by atoms with van der Waals surface area (Å²) < 4.78 is 37.7. The summed E-state index contributed by atoms with van der Waals surface area (Å²) in [4.78, 5) is 11.7. The van der Waals surface area contributed by atoms with Crippen molar-refractivity contribution in [1.29, 1.82) is 0 Å². The van der Waals surface area contributed by atoms with Gasteiger partial charge in [-0.3, -0.25) is 4.79 Å². The zero-order valence-corrected chi connectivity index (χ0v) is 10.9. The molecular weight excluding hydrogens is 273 g/mol. The Morgan fingerprint density at radius 3 is 2.80 bits per heavy atom. The summed E-state index contributed by atoms with van der Waals surface area (Å²) in [5, 5.41) is 12.4. The number of alkyl halides is 3. The average Bonchev–Trinajstić information content (AvgIpc) is 2.85. The van der Waals surface area contributed by atoms with Gasteiger partial charge in [0.15, 0.2) is 0 Å². The van der Waals surface area contributed by atoms with Gasteiger partial charge < -0.3 is 10.6 Å². The van der Waals surface area contributed by atoms with Crippen molar-refractivity contribution < 1.29 is 18.0 Å². The third-order valence-electron chi connectivity index (χ3n) is 3.41. The van der Waals surface area contributed by atoms with Crippen molar-refractivity contribution in [2.24, 2.45) is 5.92 Å². The fraction of sp³-hybridized carbons (Fsp3) is 0.583. The van der Waals surface area contributed by atoms with Gasteiger partial charge in [-0.25, -0.2) is 0 Å². The van der Waals surface area contributed by atoms with Gasteiger partial charge in [-0.1, -0.05) is 6.42 Å². The topological polar surface area (TPSA) is 66.9 Å². The highest BCUT2D eigenvalue weighted by Crippen LogP contribution is 2.31. The molecule has 1 aromatic rings. The van der Waals surface area contributed by atoms with E-state index in [2.05, 4.69) is 20.8 Å². The van der Waals surface area contributed by atoms with Crippen LogP contribution in [0.15, 0.2) is 12.3 Å². The Morgan fingerprint density at radius 2 is 2.15 bits per heavy atom. The first-order chi connectivity index (χ1) is 9.41. The minimum absolute atomic E-state index is 0.0422. The second-order valence-electron chi connectivity index (χ2n) is 4.73. The molecular formula is C12H15F3N4O. The lowest BCUT2D eigenvalue weighted by atomic mass is 10.0. The van der Waals surface area contributed by atoms with Crippen LogP contribution in [0.25, 0.3) is 0 Å². The highest BCUT2D eigenvalue weighted by molar-refractivity contribution is 5.79. The van der Waals surface area contributed by atoms with Crippen LogP contribution in [0.2, 0.25) is 0 Å². The molecule has 1 aliphatic rings. The zero-order valence-electron chi connectivity index (χ0n) is 10.9. The quantitative estimate of drug-likeness (QED) is 0.890. The molecule has 0 saturated heterocycles. The fourth-order valence-electron chi connectivity index (χ4n) is 2.41. The lowest BCUT2D eigenvalue weighted by molar-refractivity contribution is -0.137. The van der Waals surface area contributed by atoms with Gasteiger partial charge in [0.05, 0.1) is 17.7 Å². The second-order valence-corrected chi connectivity index (χ2v) is 4.73. The normalized spacial score (nSPS) is 22.6. The molecule has 2 unspecified atom stereocenters. The van der Waals surface area contributed by atoms with Gasteiger partial charge in [0.1, 0.15) is 5.82 Å². The van der Waals surface area contributed by atoms with Crippen LogP contribution < -0.4 is 10.6 Å². The summed E-state index contributed by atoms with van der Waals surface area (Å²) in [6, 6.07) is 0.694. The van der Waals surface area contributed by atoms with Gasteiger partial charge in [0, 0.05) is 13.1 Å². The van der Waals surface area contributed by atoms with E-state index < -0.39 is 11.7 Å². The van der Waals surface area contributed by atoms with Crippen molar-refractivity contribution in [2.75, 3.05) is 12.4 Å². The van der Waals surface area contributed by atoms with Crippen LogP contribution in [-0.4, -0.2) is 29.2 Å². The predicted molar refractivity (Wildman–Crippen MR) is 65.9 cm³/mol. The van der Waals surface area contributed by atoms with Crippen LogP contribution in [0.5, 0.6) is 0 Å². The van der Waals surface area contributed by atoms with Crippen molar-refractivity contribution >= 4 is 11.7 Å². The number of carbonyl (C=O) groups excluding carboxylic acids is 1. The third-order valence-corrected chi connectivity index (χ3v) is 3.41. The average molecular weight is 288 g/mol. The highest BCUT2D eigenvalue weighted by Gasteiger charge is 2.34. The van der Waals surface area contributed by atoms with Crippen LogP contribution in [0.3, 0.4) is 0 Å². The Labute approximate surface area is 114 Å². The van der Waals surface area contributed by atoms with E-state index in [0.717, 1.165) is 18.9 Å². The van der Waals surface area contributed by atoms with E-state index in [-0.39, 0.29) is 23.7 Å². The molecule has 1 saturated carbocycles. The molecule has 0 bridgehead atoms. The van der Waals surface area contributed by atoms with Crippen LogP contribution in [0, 0.1) is 5.92 Å². The smallest absolute Gasteiger partial charge is 0.365 e. The van der Waals surface area contributed by atoms with Gasteiger partial charge in [0.25, 0.3) is 0 Å². The second kappa shape index (κ2) is 5.64. The number of nitrogens with one attached hydrogen (secondary N) is 2. The third kappa shape index (κ3) is 3.17. The number of anilines is 1. The SMILES string of the molecule is CNC(=O)C1CCCC1Nc1cc(C(F)(F)F)cnn1. The minimum Gasteiger partial charge on any atom is -0.365 e. The maximum atomic E-state index is 12.6. The first-order valence-electron chi connectivity index (χ1n) is 6.30. The molecule has 1 fully saturated rings. The molecule has 5 nitrogen and oxygen atoms in total. The highest BCUT2D eigenvalue weighted by atomic mass is 19.4. The molecule has 1 aromatic heterocycles. The number of halogens is 3. The van der Waals surface area contributed by atoms with Gasteiger partial charge >= 0.3 is 6.18 Å². The molecule has 0 aliphatic heterocycles. The Kier molecular flexibility index (Phi) is 4.10. The summed E-state index contributed by atoms with van der Waals surface area (Å²) in [6.07, 6.45) is -1.50. The van der Waals surface area contributed by atoms with Crippen LogP contribution in [0.1, 0.15) is 24.8 Å². The van der Waals surface area contributed by atoms with E-state index in [0.29, 0.717) is 12.6 Å². The standard InChI is InChI=1S/C12H15F3N4O/c1-16-11(20)8-3-2-4-9(8)18-10-5-7(6-17-19-10)12(13,14)15/h5-6,8-9H,2-4H2,1H3,(H,16,20)(H,18,19). The predicted octanol–water partition coefficient (Wildman–Crippen LogP) is 1.82. The summed E-state index contributed by atoms with van der Waals surface area (Å²) in [6.45, 7) is 0. The van der Waals surface area contributed by atoms with E-state index in [4.69, 9.17) is 0 Å². The van der Waals surface area contributed by atoms with E-state index in [9.17, 15) is 18.0 Å². The van der Waals surface area contributed by atoms with Crippen molar-refractivity contribution in [3.8, 4) is 0 Å². The van der Waals surface area contributed by atoms with Crippen molar-refractivity contribution in [1.82, 2.24) is 15.5 Å². The number of rotatable bonds is 3. The lowest BCUT2D eigenvalue weighted by Crippen LogP contribution is -2.36. The summed E-state index contributed by atoms with van der Waals surface area (Å²) >= 11 is 0. The molecule has 20 heavy (non-hydrogen) atoms. The number of hydrogen-bond donors (Lipinski definition) is 2. The summed E-state index contributed by atoms with van der Waals surface area (Å²) in [7, 11) is 1.54. The van der Waals surface area contributed by atoms with Gasteiger partial charge in [-0.15, -0.1) is 5.10 Å². The summed E-state index contributed by atoms with van der Waals surface area (Å²) in [5.74, 6) is -0.322. The maximum absolute atomic E-state index is 12.6. The van der Waals surface area contributed by atoms with Gasteiger partial charge in [-0.2, -0.15) is 18.3 Å². The zero-order chi connectivity index (χ0) is 14.8. The molecule has 1 amide bonds. The van der Waals surface area contributed by atoms with Crippen LogP contribution in [0.4, 0.5) is 19.0 Å². The van der Waals surface area contributed by atoms with E-state index in [1.54, 1.807) is 7.05 Å². The lowest BCUT2D eigenvalue weighted by Gasteiger charge is -2.20. The largest absolute Gasteiger partial charge is 0.418 e. The molecule has 0 spiro atoms. The first kappa shape index (κ1) is 14.5. The van der Waals surface area contributed by atoms with E-state index in [1.807, 2.05) is 0 Å². The molecule has 1 heterocycles. The Bertz CT molecular complexity index is 492. The molecule has 0 radical (unpaired) electrons. The summed E-state index contributed by atoms with van der Waals surface area (Å²) in [5.41, 5.74) is -0.857. The molecule has 110 valence electrons. The minimum atomic E-state index is -4.46. The monoisotopic (exact) mass is 288 g/mol. The van der Waals surface area contributed by atoms with Crippen molar-refractivity contribution in [2.45, 2.75) is 31.5 Å². The fourth-order valence-corrected chi connectivity index (χ4v) is 2.41. The molecule has 2 rings (SSSR count). The van der Waals surface area contributed by atoms with Crippen LogP contribution in [-0.2, 0) is 11.0 Å². The van der Waals surface area contributed by atoms with E-state index >= 15 is 0 Å². The molecule has 0 aromatic carbocycles. The number of hydrogen-bond acceptors (Lipinski definition) is 4. The van der Waals surface area contributed by atoms with Crippen LogP contribution >= 0.6 is 0 Å². The number of nitrogens with zero attached hydrogens (tertiary/aromatic N) is 2. The molecule has 2 atom stereocenters. The number of aromatic nitrogens is 2. The number of carbonyl (C=O) groups is 1. The van der Waals surface area contributed by atoms with Crippen molar-refractivity contribution in [3.63, 3.8) is 0 Å². The Morgan fingerprint density at radius 1 is 1.40 bits per heavy atom. The molecule has 1 aliphatic carbocycles. The van der Waals surface area contributed by atoms with E-state index in [1.165, 1.54) is 0 Å². The van der Waals surface area contributed by atoms with Gasteiger partial charge in [0.2, 0.25) is 5.91 Å². The Balaban J connectivity index is 2.12. The maximum Gasteiger partial charge on any atom is 0.418 e.